The number of amides is 2. The molecule has 0 bridgehead atoms. The van der Waals surface area contributed by atoms with Gasteiger partial charge in [0.15, 0.2) is 18.2 Å². The number of ether oxygens (including phenoxy) is 1. The first-order valence-corrected chi connectivity index (χ1v) is 9.66. The molecule has 1 aromatic carbocycles. The van der Waals surface area contributed by atoms with Crippen LogP contribution in [0.2, 0.25) is 0 Å². The summed E-state index contributed by atoms with van der Waals surface area (Å²) >= 11 is 0. The van der Waals surface area contributed by atoms with Gasteiger partial charge in [-0.25, -0.2) is 18.5 Å². The maximum atomic E-state index is 12.2. The van der Waals surface area contributed by atoms with E-state index in [9.17, 15) is 18.0 Å². The number of nitrogens with two attached hydrogens (primary N) is 1. The van der Waals surface area contributed by atoms with Gasteiger partial charge >= 0.3 is 0 Å². The molecule has 0 spiro atoms. The van der Waals surface area contributed by atoms with E-state index < -0.39 is 10.0 Å². The first-order chi connectivity index (χ1) is 12.8. The summed E-state index contributed by atoms with van der Waals surface area (Å²) in [5.41, 5.74) is 0.845. The summed E-state index contributed by atoms with van der Waals surface area (Å²) in [5.74, 6) is 0.111. The molecule has 3 N–H and O–H groups in total. The molecule has 0 atom stereocenters. The zero-order valence-electron chi connectivity index (χ0n) is 14.3. The van der Waals surface area contributed by atoms with Crippen LogP contribution in [0.1, 0.15) is 5.56 Å². The Hall–Kier alpha value is -2.98. The lowest BCUT2D eigenvalue weighted by molar-refractivity contribution is -0.125. The van der Waals surface area contributed by atoms with Crippen molar-refractivity contribution in [2.45, 2.75) is 11.3 Å². The second-order valence-electron chi connectivity index (χ2n) is 5.88. The minimum absolute atomic E-state index is 0.0345. The van der Waals surface area contributed by atoms with Crippen molar-refractivity contribution in [1.29, 1.82) is 0 Å². The smallest absolute Gasteiger partial charge is 0.266 e. The van der Waals surface area contributed by atoms with E-state index >= 15 is 0 Å². The number of rotatable bonds is 6. The molecule has 3 rings (SSSR count). The highest BCUT2D eigenvalue weighted by molar-refractivity contribution is 7.89. The molecule has 2 amide bonds. The molecule has 10 heteroatoms. The molecule has 0 fully saturated rings. The Morgan fingerprint density at radius 1 is 1.26 bits per heavy atom. The molecular weight excluding hydrogens is 372 g/mol. The molecule has 0 saturated heterocycles. The van der Waals surface area contributed by atoms with E-state index in [1.165, 1.54) is 23.2 Å². The quantitative estimate of drug-likeness (QED) is 0.703. The van der Waals surface area contributed by atoms with Gasteiger partial charge in [-0.3, -0.25) is 14.5 Å². The molecule has 0 saturated carbocycles. The van der Waals surface area contributed by atoms with Crippen LogP contribution >= 0.6 is 0 Å². The lowest BCUT2D eigenvalue weighted by Crippen LogP contribution is -2.45. The number of carbonyl (C=O) groups excluding carboxylic acids is 2. The molecule has 0 aliphatic carbocycles. The Labute approximate surface area is 156 Å². The highest BCUT2D eigenvalue weighted by atomic mass is 32.2. The van der Waals surface area contributed by atoms with Crippen molar-refractivity contribution < 1.29 is 22.7 Å². The van der Waals surface area contributed by atoms with E-state index in [4.69, 9.17) is 9.88 Å². The Morgan fingerprint density at radius 3 is 2.70 bits per heavy atom. The Kier molecular flexibility index (Phi) is 5.38. The van der Waals surface area contributed by atoms with E-state index in [0.29, 0.717) is 24.5 Å². The molecule has 1 aliphatic heterocycles. The molecule has 0 radical (unpaired) electrons. The van der Waals surface area contributed by atoms with Gasteiger partial charge in [0.25, 0.3) is 5.91 Å². The number of primary sulfonamides is 1. The standard InChI is InChI=1S/C17H18N4O5S/c18-27(24,25)13-5-3-12(4-6-13)7-9-19-15(22)10-21-16(23)11-26-14-2-1-8-20-17(14)21/h1-6,8H,7,9-11H2,(H,19,22)(H2,18,24,25). The zero-order chi connectivity index (χ0) is 19.4. The number of aromatic nitrogens is 1. The van der Waals surface area contributed by atoms with Gasteiger partial charge in [0.2, 0.25) is 15.9 Å². The first-order valence-electron chi connectivity index (χ1n) is 8.11. The van der Waals surface area contributed by atoms with Gasteiger partial charge in [0, 0.05) is 12.7 Å². The molecule has 1 aliphatic rings. The highest BCUT2D eigenvalue weighted by Crippen LogP contribution is 2.28. The number of anilines is 1. The maximum Gasteiger partial charge on any atom is 0.266 e. The summed E-state index contributed by atoms with van der Waals surface area (Å²) in [6, 6.07) is 9.48. The lowest BCUT2D eigenvalue weighted by atomic mass is 10.1. The van der Waals surface area contributed by atoms with Crippen LogP contribution in [0.25, 0.3) is 0 Å². The maximum absolute atomic E-state index is 12.2. The zero-order valence-corrected chi connectivity index (χ0v) is 15.1. The molecule has 2 aromatic rings. The topological polar surface area (TPSA) is 132 Å². The average Bonchev–Trinajstić information content (AvgIpc) is 2.64. The summed E-state index contributed by atoms with van der Waals surface area (Å²) < 4.78 is 27.7. The fourth-order valence-electron chi connectivity index (χ4n) is 2.59. The molecule has 2 heterocycles. The van der Waals surface area contributed by atoms with Crippen LogP contribution in [0.15, 0.2) is 47.5 Å². The minimum atomic E-state index is -3.72. The largest absolute Gasteiger partial charge is 0.480 e. The molecular formula is C17H18N4O5S. The van der Waals surface area contributed by atoms with Crippen LogP contribution in [0.3, 0.4) is 0 Å². The summed E-state index contributed by atoms with van der Waals surface area (Å²) in [5, 5.41) is 7.78. The van der Waals surface area contributed by atoms with Crippen LogP contribution in [-0.4, -0.2) is 44.9 Å². The van der Waals surface area contributed by atoms with Crippen LogP contribution in [0.5, 0.6) is 5.75 Å². The Bertz CT molecular complexity index is 960. The number of benzene rings is 1. The molecule has 0 unspecified atom stereocenters. The number of hydrogen-bond donors (Lipinski definition) is 2. The number of carbonyl (C=O) groups is 2. The Balaban J connectivity index is 1.54. The lowest BCUT2D eigenvalue weighted by Gasteiger charge is -2.27. The van der Waals surface area contributed by atoms with Crippen molar-refractivity contribution in [3.63, 3.8) is 0 Å². The van der Waals surface area contributed by atoms with Gasteiger partial charge in [0.1, 0.15) is 6.54 Å². The van der Waals surface area contributed by atoms with Crippen molar-refractivity contribution in [2.24, 2.45) is 5.14 Å². The predicted molar refractivity (Wildman–Crippen MR) is 96.6 cm³/mol. The van der Waals surface area contributed by atoms with Crippen LogP contribution < -0.4 is 20.1 Å². The number of fused-ring (bicyclic) bond motifs is 1. The van der Waals surface area contributed by atoms with Gasteiger partial charge < -0.3 is 10.1 Å². The third kappa shape index (κ3) is 4.60. The molecule has 142 valence electrons. The van der Waals surface area contributed by atoms with Gasteiger partial charge in [-0.2, -0.15) is 0 Å². The summed E-state index contributed by atoms with van der Waals surface area (Å²) in [6.45, 7) is 0.0418. The van der Waals surface area contributed by atoms with Crippen LogP contribution in [0.4, 0.5) is 5.82 Å². The van der Waals surface area contributed by atoms with Crippen molar-refractivity contribution in [1.82, 2.24) is 10.3 Å². The van der Waals surface area contributed by atoms with E-state index in [-0.39, 0.29) is 29.9 Å². The van der Waals surface area contributed by atoms with E-state index in [1.54, 1.807) is 24.3 Å². The second-order valence-corrected chi connectivity index (χ2v) is 7.44. The SMILES string of the molecule is NS(=O)(=O)c1ccc(CCNC(=O)CN2C(=O)COc3cccnc32)cc1. The van der Waals surface area contributed by atoms with E-state index in [0.717, 1.165) is 5.56 Å². The van der Waals surface area contributed by atoms with E-state index in [1.807, 2.05) is 0 Å². The highest BCUT2D eigenvalue weighted by Gasteiger charge is 2.28. The predicted octanol–water partition coefficient (Wildman–Crippen LogP) is -0.187. The van der Waals surface area contributed by atoms with Gasteiger partial charge in [-0.1, -0.05) is 12.1 Å². The normalized spacial score (nSPS) is 13.7. The molecule has 9 nitrogen and oxygen atoms in total. The fraction of sp³-hybridized carbons (Fsp3) is 0.235. The van der Waals surface area contributed by atoms with Crippen LogP contribution in [-0.2, 0) is 26.0 Å². The first kappa shape index (κ1) is 18.8. The minimum Gasteiger partial charge on any atom is -0.480 e. The second kappa shape index (κ2) is 7.72. The van der Waals surface area contributed by atoms with Crippen molar-refractivity contribution >= 4 is 27.7 Å². The van der Waals surface area contributed by atoms with Crippen LogP contribution in [0, 0.1) is 0 Å². The molecule has 27 heavy (non-hydrogen) atoms. The van der Waals surface area contributed by atoms with Gasteiger partial charge in [-0.15, -0.1) is 0 Å². The number of nitrogens with zero attached hydrogens (tertiary/aromatic N) is 2. The van der Waals surface area contributed by atoms with Crippen molar-refractivity contribution in [3.05, 3.63) is 48.2 Å². The summed E-state index contributed by atoms with van der Waals surface area (Å²) in [4.78, 5) is 29.6. The van der Waals surface area contributed by atoms with E-state index in [2.05, 4.69) is 10.3 Å². The van der Waals surface area contributed by atoms with Crippen molar-refractivity contribution in [3.8, 4) is 5.75 Å². The number of hydrogen-bond acceptors (Lipinski definition) is 6. The number of nitrogens with one attached hydrogen (secondary N) is 1. The summed E-state index contributed by atoms with van der Waals surface area (Å²) in [7, 11) is -3.72. The van der Waals surface area contributed by atoms with Gasteiger partial charge in [0.05, 0.1) is 4.90 Å². The fourth-order valence-corrected chi connectivity index (χ4v) is 3.10. The van der Waals surface area contributed by atoms with Crippen molar-refractivity contribution in [2.75, 3.05) is 24.6 Å². The molecule has 1 aromatic heterocycles. The number of pyridine rings is 1. The number of sulfonamides is 1. The third-order valence-electron chi connectivity index (χ3n) is 3.95. The van der Waals surface area contributed by atoms with Gasteiger partial charge in [-0.05, 0) is 36.2 Å². The Morgan fingerprint density at radius 2 is 2.00 bits per heavy atom. The summed E-state index contributed by atoms with van der Waals surface area (Å²) in [6.07, 6.45) is 2.03. The average molecular weight is 390 g/mol. The monoisotopic (exact) mass is 390 g/mol. The third-order valence-corrected chi connectivity index (χ3v) is 4.88.